The molecule has 0 unspecified atom stereocenters. The van der Waals surface area contributed by atoms with E-state index in [9.17, 15) is 9.59 Å². The Morgan fingerprint density at radius 2 is 2.21 bits per heavy atom. The van der Waals surface area contributed by atoms with Crippen molar-refractivity contribution in [2.24, 2.45) is 0 Å². The molecule has 0 aromatic carbocycles. The summed E-state index contributed by atoms with van der Waals surface area (Å²) in [5.41, 5.74) is 1.84. The molecule has 19 heavy (non-hydrogen) atoms. The van der Waals surface area contributed by atoms with E-state index in [4.69, 9.17) is 4.74 Å². The molecule has 2 aromatic rings. The third-order valence-electron chi connectivity index (χ3n) is 2.52. The molecule has 0 spiro atoms. The molecular formula is C14H14N2O3. The maximum absolute atomic E-state index is 11.7. The van der Waals surface area contributed by atoms with E-state index in [1.165, 1.54) is 19.2 Å². The first kappa shape index (κ1) is 13.0. The maximum Gasteiger partial charge on any atom is 0.356 e. The van der Waals surface area contributed by atoms with E-state index in [0.29, 0.717) is 17.9 Å². The van der Waals surface area contributed by atoms with Crippen LogP contribution < -0.4 is 0 Å². The number of hydrogen-bond acceptors (Lipinski definition) is 4. The van der Waals surface area contributed by atoms with Gasteiger partial charge >= 0.3 is 5.97 Å². The number of ether oxygens (including phenoxy) is 1. The fourth-order valence-electron chi connectivity index (χ4n) is 1.67. The van der Waals surface area contributed by atoms with Crippen molar-refractivity contribution in [3.05, 3.63) is 41.9 Å². The Hall–Kier alpha value is -2.43. The van der Waals surface area contributed by atoms with E-state index in [-0.39, 0.29) is 5.78 Å². The second-order valence-corrected chi connectivity index (χ2v) is 4.00. The van der Waals surface area contributed by atoms with Crippen molar-refractivity contribution in [3.8, 4) is 0 Å². The van der Waals surface area contributed by atoms with Gasteiger partial charge in [0, 0.05) is 6.20 Å². The third kappa shape index (κ3) is 2.88. The van der Waals surface area contributed by atoms with Crippen LogP contribution in [-0.4, -0.2) is 27.7 Å². The molecule has 2 heterocycles. The number of pyridine rings is 1. The molecular weight excluding hydrogens is 244 g/mol. The lowest BCUT2D eigenvalue weighted by Crippen LogP contribution is -2.07. The van der Waals surface area contributed by atoms with Crippen LogP contribution >= 0.6 is 0 Å². The molecule has 0 N–H and O–H groups in total. The summed E-state index contributed by atoms with van der Waals surface area (Å²) >= 11 is 0. The minimum absolute atomic E-state index is 0.0312. The Labute approximate surface area is 110 Å². The Morgan fingerprint density at radius 3 is 2.89 bits per heavy atom. The third-order valence-corrected chi connectivity index (χ3v) is 2.52. The van der Waals surface area contributed by atoms with Crippen LogP contribution in [0.1, 0.15) is 29.9 Å². The predicted octanol–water partition coefficient (Wildman–Crippen LogP) is 2.11. The maximum atomic E-state index is 11.7. The molecule has 2 rings (SSSR count). The Kier molecular flexibility index (Phi) is 3.75. The number of nitrogens with zero attached hydrogens (tertiary/aromatic N) is 2. The molecule has 5 nitrogen and oxygen atoms in total. The van der Waals surface area contributed by atoms with E-state index >= 15 is 0 Å². The van der Waals surface area contributed by atoms with Crippen LogP contribution in [0.15, 0.2) is 30.6 Å². The molecule has 0 bridgehead atoms. The van der Waals surface area contributed by atoms with Gasteiger partial charge in [-0.3, -0.25) is 9.20 Å². The number of fused-ring (bicyclic) bond motifs is 1. The molecule has 0 atom stereocenters. The van der Waals surface area contributed by atoms with Crippen molar-refractivity contribution >= 4 is 23.5 Å². The highest BCUT2D eigenvalue weighted by atomic mass is 16.5. The van der Waals surface area contributed by atoms with E-state index < -0.39 is 5.97 Å². The van der Waals surface area contributed by atoms with Crippen LogP contribution in [0, 0.1) is 0 Å². The molecule has 0 amide bonds. The lowest BCUT2D eigenvalue weighted by molar-refractivity contribution is -0.112. The van der Waals surface area contributed by atoms with Gasteiger partial charge in [0.05, 0.1) is 12.8 Å². The largest absolute Gasteiger partial charge is 0.461 e. The first-order chi connectivity index (χ1) is 9.11. The second kappa shape index (κ2) is 5.48. The van der Waals surface area contributed by atoms with Gasteiger partial charge in [0.1, 0.15) is 5.65 Å². The first-order valence-electron chi connectivity index (χ1n) is 5.94. The first-order valence-corrected chi connectivity index (χ1v) is 5.94. The summed E-state index contributed by atoms with van der Waals surface area (Å²) in [6, 6.07) is 3.61. The molecule has 2 aromatic heterocycles. The minimum Gasteiger partial charge on any atom is -0.461 e. The van der Waals surface area contributed by atoms with Crippen molar-refractivity contribution in [1.82, 2.24) is 9.38 Å². The van der Waals surface area contributed by atoms with Crippen LogP contribution in [0.2, 0.25) is 0 Å². The van der Waals surface area contributed by atoms with Gasteiger partial charge in [-0.25, -0.2) is 9.78 Å². The van der Waals surface area contributed by atoms with Crippen molar-refractivity contribution in [2.45, 2.75) is 13.8 Å². The van der Waals surface area contributed by atoms with E-state index in [1.807, 2.05) is 6.07 Å². The highest BCUT2D eigenvalue weighted by molar-refractivity contribution is 5.91. The van der Waals surface area contributed by atoms with Crippen LogP contribution in [0.3, 0.4) is 0 Å². The molecule has 5 heteroatoms. The second-order valence-electron chi connectivity index (χ2n) is 4.00. The van der Waals surface area contributed by atoms with E-state index in [2.05, 4.69) is 4.98 Å². The molecule has 0 fully saturated rings. The minimum atomic E-state index is -0.414. The number of carbonyl (C=O) groups excluding carboxylic acids is 2. The lowest BCUT2D eigenvalue weighted by atomic mass is 10.2. The topological polar surface area (TPSA) is 60.7 Å². The molecule has 0 aliphatic heterocycles. The fraction of sp³-hybridized carbons (Fsp3) is 0.214. The predicted molar refractivity (Wildman–Crippen MR) is 70.9 cm³/mol. The average Bonchev–Trinajstić information content (AvgIpc) is 2.79. The molecule has 0 aliphatic carbocycles. The quantitative estimate of drug-likeness (QED) is 0.622. The van der Waals surface area contributed by atoms with Gasteiger partial charge in [-0.15, -0.1) is 0 Å². The molecule has 98 valence electrons. The van der Waals surface area contributed by atoms with Gasteiger partial charge in [0.2, 0.25) is 0 Å². The number of rotatable bonds is 4. The van der Waals surface area contributed by atoms with Gasteiger partial charge in [-0.05, 0) is 43.7 Å². The Morgan fingerprint density at radius 1 is 1.42 bits per heavy atom. The summed E-state index contributed by atoms with van der Waals surface area (Å²) in [5.74, 6) is -0.445. The number of carbonyl (C=O) groups is 2. The Bertz CT molecular complexity index is 656. The highest BCUT2D eigenvalue weighted by Gasteiger charge is 2.12. The van der Waals surface area contributed by atoms with Crippen molar-refractivity contribution in [1.29, 1.82) is 0 Å². The number of aromatic nitrogens is 2. The van der Waals surface area contributed by atoms with E-state index in [0.717, 1.165) is 5.56 Å². The zero-order valence-corrected chi connectivity index (χ0v) is 10.8. The van der Waals surface area contributed by atoms with Crippen molar-refractivity contribution in [2.75, 3.05) is 6.61 Å². The van der Waals surface area contributed by atoms with Gasteiger partial charge in [-0.1, -0.05) is 0 Å². The summed E-state index contributed by atoms with van der Waals surface area (Å²) in [4.78, 5) is 26.8. The number of imidazole rings is 1. The number of ketones is 1. The molecule has 0 saturated carbocycles. The van der Waals surface area contributed by atoms with Crippen molar-refractivity contribution < 1.29 is 14.3 Å². The number of allylic oxidation sites excluding steroid dienone is 1. The van der Waals surface area contributed by atoms with E-state index in [1.54, 1.807) is 29.7 Å². The summed E-state index contributed by atoms with van der Waals surface area (Å²) < 4.78 is 6.61. The molecule has 0 saturated heterocycles. The molecule has 0 radical (unpaired) electrons. The number of esters is 1. The summed E-state index contributed by atoms with van der Waals surface area (Å²) in [5, 5.41) is 0. The highest BCUT2D eigenvalue weighted by Crippen LogP contribution is 2.11. The van der Waals surface area contributed by atoms with Crippen LogP contribution in [0.4, 0.5) is 0 Å². The lowest BCUT2D eigenvalue weighted by Gasteiger charge is -2.02. The normalized spacial score (nSPS) is 11.1. The summed E-state index contributed by atoms with van der Waals surface area (Å²) in [6.45, 7) is 3.55. The number of hydrogen-bond donors (Lipinski definition) is 0. The Balaban J connectivity index is 2.42. The van der Waals surface area contributed by atoms with Crippen molar-refractivity contribution in [3.63, 3.8) is 0 Å². The SMILES string of the molecule is CCOC(=O)c1cnc2ccc(/C=C/C(C)=O)cn12. The van der Waals surface area contributed by atoms with Crippen LogP contribution in [0.25, 0.3) is 11.7 Å². The smallest absolute Gasteiger partial charge is 0.356 e. The van der Waals surface area contributed by atoms with Gasteiger partial charge < -0.3 is 4.74 Å². The summed E-state index contributed by atoms with van der Waals surface area (Å²) in [6.07, 6.45) is 6.39. The van der Waals surface area contributed by atoms with Crippen LogP contribution in [-0.2, 0) is 9.53 Å². The van der Waals surface area contributed by atoms with Gasteiger partial charge in [0.25, 0.3) is 0 Å². The van der Waals surface area contributed by atoms with Crippen LogP contribution in [0.5, 0.6) is 0 Å². The zero-order chi connectivity index (χ0) is 13.8. The molecule has 0 aliphatic rings. The zero-order valence-electron chi connectivity index (χ0n) is 10.8. The van der Waals surface area contributed by atoms with Gasteiger partial charge in [0.15, 0.2) is 11.5 Å². The van der Waals surface area contributed by atoms with Gasteiger partial charge in [-0.2, -0.15) is 0 Å². The summed E-state index contributed by atoms with van der Waals surface area (Å²) in [7, 11) is 0. The monoisotopic (exact) mass is 258 g/mol. The fourth-order valence-corrected chi connectivity index (χ4v) is 1.67. The average molecular weight is 258 g/mol. The standard InChI is InChI=1S/C14H14N2O3/c1-3-19-14(18)12-8-15-13-7-6-11(9-16(12)13)5-4-10(2)17/h4-9H,3H2,1-2H3/b5-4+.